The quantitative estimate of drug-likeness (QED) is 0.830. The van der Waals surface area contributed by atoms with Gasteiger partial charge in [0.15, 0.2) is 0 Å². The minimum Gasteiger partial charge on any atom is -0.492 e. The van der Waals surface area contributed by atoms with Crippen molar-refractivity contribution in [3.05, 3.63) is 29.6 Å². The highest BCUT2D eigenvalue weighted by atomic mass is 19.1. The fourth-order valence-electron chi connectivity index (χ4n) is 1.15. The van der Waals surface area contributed by atoms with E-state index in [2.05, 4.69) is 0 Å². The molecule has 2 nitrogen and oxygen atoms in total. The first-order valence-electron chi connectivity index (χ1n) is 5.15. The minimum atomic E-state index is -0.243. The van der Waals surface area contributed by atoms with E-state index in [1.165, 1.54) is 12.1 Å². The molecule has 1 rings (SSSR count). The van der Waals surface area contributed by atoms with E-state index in [1.807, 2.05) is 20.8 Å². The monoisotopic (exact) mass is 211 g/mol. The number of nitrogens with two attached hydrogens (primary N) is 1. The Balaban J connectivity index is 2.58. The molecule has 1 aromatic carbocycles. The van der Waals surface area contributed by atoms with Crippen LogP contribution in [0.25, 0.3) is 0 Å². The second-order valence-electron chi connectivity index (χ2n) is 4.13. The van der Waals surface area contributed by atoms with Crippen molar-refractivity contribution >= 4 is 0 Å². The lowest BCUT2D eigenvalue weighted by molar-refractivity contribution is 0.258. The minimum absolute atomic E-state index is 0.00875. The molecular formula is C12H18FNO. The Morgan fingerprint density at radius 3 is 2.60 bits per heavy atom. The molecule has 84 valence electrons. The number of ether oxygens (including phenoxy) is 1. The highest BCUT2D eigenvalue weighted by molar-refractivity contribution is 5.32. The maximum Gasteiger partial charge on any atom is 0.123 e. The smallest absolute Gasteiger partial charge is 0.123 e. The molecule has 15 heavy (non-hydrogen) atoms. The first-order chi connectivity index (χ1) is 7.00. The molecule has 1 aromatic rings. The normalized spacial score (nSPS) is 12.9. The van der Waals surface area contributed by atoms with Gasteiger partial charge in [0, 0.05) is 6.04 Å². The molecule has 0 aliphatic rings. The van der Waals surface area contributed by atoms with Crippen LogP contribution in [-0.4, -0.2) is 12.6 Å². The molecule has 1 atom stereocenters. The van der Waals surface area contributed by atoms with Crippen molar-refractivity contribution < 1.29 is 9.13 Å². The molecule has 0 saturated heterocycles. The van der Waals surface area contributed by atoms with Gasteiger partial charge in [-0.15, -0.1) is 0 Å². The zero-order chi connectivity index (χ0) is 11.4. The van der Waals surface area contributed by atoms with Gasteiger partial charge in [-0.25, -0.2) is 4.39 Å². The first kappa shape index (κ1) is 12.0. The summed E-state index contributed by atoms with van der Waals surface area (Å²) in [6.45, 7) is 6.38. The van der Waals surface area contributed by atoms with Gasteiger partial charge in [-0.2, -0.15) is 0 Å². The Morgan fingerprint density at radius 1 is 1.40 bits per heavy atom. The predicted octanol–water partition coefficient (Wildman–Crippen LogP) is 2.50. The largest absolute Gasteiger partial charge is 0.492 e. The third kappa shape index (κ3) is 3.51. The van der Waals surface area contributed by atoms with Gasteiger partial charge in [-0.05, 0) is 36.6 Å². The van der Waals surface area contributed by atoms with Crippen molar-refractivity contribution in [1.29, 1.82) is 0 Å². The van der Waals surface area contributed by atoms with Gasteiger partial charge in [0.25, 0.3) is 0 Å². The Labute approximate surface area is 90.2 Å². The molecule has 3 heteroatoms. The van der Waals surface area contributed by atoms with Crippen LogP contribution in [0, 0.1) is 18.7 Å². The Bertz CT molecular complexity index is 325. The van der Waals surface area contributed by atoms with Crippen molar-refractivity contribution in [2.75, 3.05) is 6.61 Å². The highest BCUT2D eigenvalue weighted by Gasteiger charge is 2.09. The summed E-state index contributed by atoms with van der Waals surface area (Å²) in [5, 5.41) is 0. The molecule has 0 aliphatic heterocycles. The van der Waals surface area contributed by atoms with Crippen LogP contribution < -0.4 is 10.5 Å². The lowest BCUT2D eigenvalue weighted by Gasteiger charge is -2.17. The molecular weight excluding hydrogens is 193 g/mol. The number of rotatable bonds is 4. The predicted molar refractivity (Wildman–Crippen MR) is 59.4 cm³/mol. The number of halogens is 1. The molecule has 0 radical (unpaired) electrons. The summed E-state index contributed by atoms with van der Waals surface area (Å²) < 4.78 is 18.3. The van der Waals surface area contributed by atoms with E-state index < -0.39 is 0 Å². The Morgan fingerprint density at radius 2 is 2.07 bits per heavy atom. The van der Waals surface area contributed by atoms with Crippen LogP contribution in [0.1, 0.15) is 19.4 Å². The van der Waals surface area contributed by atoms with E-state index >= 15 is 0 Å². The second kappa shape index (κ2) is 5.12. The van der Waals surface area contributed by atoms with Gasteiger partial charge in [-0.3, -0.25) is 0 Å². The highest BCUT2D eigenvalue weighted by Crippen LogP contribution is 2.18. The summed E-state index contributed by atoms with van der Waals surface area (Å²) >= 11 is 0. The van der Waals surface area contributed by atoms with Gasteiger partial charge in [0.05, 0.1) is 0 Å². The van der Waals surface area contributed by atoms with Gasteiger partial charge < -0.3 is 10.5 Å². The van der Waals surface area contributed by atoms with Gasteiger partial charge >= 0.3 is 0 Å². The molecule has 0 saturated carbocycles. The average Bonchev–Trinajstić information content (AvgIpc) is 2.15. The number of aryl methyl sites for hydroxylation is 1. The Kier molecular flexibility index (Phi) is 4.09. The molecule has 0 amide bonds. The van der Waals surface area contributed by atoms with E-state index in [0.29, 0.717) is 18.3 Å². The second-order valence-corrected chi connectivity index (χ2v) is 4.13. The maximum absolute atomic E-state index is 12.8. The van der Waals surface area contributed by atoms with Crippen molar-refractivity contribution in [2.24, 2.45) is 11.7 Å². The third-order valence-corrected chi connectivity index (χ3v) is 2.42. The third-order valence-electron chi connectivity index (χ3n) is 2.42. The van der Waals surface area contributed by atoms with E-state index in [1.54, 1.807) is 6.07 Å². The molecule has 0 aromatic heterocycles. The summed E-state index contributed by atoms with van der Waals surface area (Å²) in [4.78, 5) is 0. The topological polar surface area (TPSA) is 35.2 Å². The fraction of sp³-hybridized carbons (Fsp3) is 0.500. The van der Waals surface area contributed by atoms with Crippen molar-refractivity contribution in [2.45, 2.75) is 26.8 Å². The van der Waals surface area contributed by atoms with Crippen LogP contribution in [0.3, 0.4) is 0 Å². The summed E-state index contributed by atoms with van der Waals surface area (Å²) in [7, 11) is 0. The van der Waals surface area contributed by atoms with E-state index in [4.69, 9.17) is 10.5 Å². The summed E-state index contributed by atoms with van der Waals surface area (Å²) in [5.74, 6) is 0.839. The van der Waals surface area contributed by atoms with Crippen LogP contribution >= 0.6 is 0 Å². The summed E-state index contributed by atoms with van der Waals surface area (Å²) in [5.41, 5.74) is 6.64. The van der Waals surface area contributed by atoms with Crippen LogP contribution in [0.4, 0.5) is 4.39 Å². The van der Waals surface area contributed by atoms with Gasteiger partial charge in [-0.1, -0.05) is 13.8 Å². The number of hydrogen-bond donors (Lipinski definition) is 1. The first-order valence-corrected chi connectivity index (χ1v) is 5.15. The van der Waals surface area contributed by atoms with Gasteiger partial charge in [0.2, 0.25) is 0 Å². The van der Waals surface area contributed by atoms with Crippen LogP contribution in [0.5, 0.6) is 5.75 Å². The lowest BCUT2D eigenvalue weighted by atomic mass is 10.1. The van der Waals surface area contributed by atoms with Crippen molar-refractivity contribution in [3.8, 4) is 5.75 Å². The molecule has 2 N–H and O–H groups in total. The SMILES string of the molecule is Cc1cc(F)ccc1OCC(N)C(C)C. The standard InChI is InChI=1S/C12H18FNO/c1-8(2)11(14)7-15-12-5-4-10(13)6-9(12)3/h4-6,8,11H,7,14H2,1-3H3. The van der Waals surface area contributed by atoms with Crippen LogP contribution in [-0.2, 0) is 0 Å². The molecule has 0 bridgehead atoms. The lowest BCUT2D eigenvalue weighted by Crippen LogP contribution is -2.33. The summed E-state index contributed by atoms with van der Waals surface area (Å²) in [6, 6.07) is 4.49. The maximum atomic E-state index is 12.8. The summed E-state index contributed by atoms with van der Waals surface area (Å²) in [6.07, 6.45) is 0. The van der Waals surface area contributed by atoms with E-state index in [9.17, 15) is 4.39 Å². The fourth-order valence-corrected chi connectivity index (χ4v) is 1.15. The van der Waals surface area contributed by atoms with Crippen molar-refractivity contribution in [1.82, 2.24) is 0 Å². The zero-order valence-electron chi connectivity index (χ0n) is 9.46. The Hall–Kier alpha value is -1.09. The molecule has 0 spiro atoms. The zero-order valence-corrected chi connectivity index (χ0v) is 9.46. The number of hydrogen-bond acceptors (Lipinski definition) is 2. The average molecular weight is 211 g/mol. The molecule has 0 aliphatic carbocycles. The molecule has 0 heterocycles. The van der Waals surface area contributed by atoms with E-state index in [-0.39, 0.29) is 11.9 Å². The van der Waals surface area contributed by atoms with Gasteiger partial charge in [0.1, 0.15) is 18.2 Å². The number of benzene rings is 1. The van der Waals surface area contributed by atoms with E-state index in [0.717, 1.165) is 5.56 Å². The van der Waals surface area contributed by atoms with Crippen LogP contribution in [0.15, 0.2) is 18.2 Å². The molecule has 1 unspecified atom stereocenters. The molecule has 0 fully saturated rings. The van der Waals surface area contributed by atoms with Crippen LogP contribution in [0.2, 0.25) is 0 Å². The van der Waals surface area contributed by atoms with Crippen molar-refractivity contribution in [3.63, 3.8) is 0 Å².